The van der Waals surface area contributed by atoms with Gasteiger partial charge in [0.2, 0.25) is 5.91 Å². The van der Waals surface area contributed by atoms with Crippen LogP contribution in [-0.4, -0.2) is 42.5 Å². The average molecular weight is 352 g/mol. The van der Waals surface area contributed by atoms with Crippen molar-refractivity contribution in [1.82, 2.24) is 10.2 Å². The number of benzene rings is 1. The van der Waals surface area contributed by atoms with Crippen LogP contribution in [0.15, 0.2) is 28.7 Å². The minimum atomic E-state index is 0.0815. The first-order chi connectivity index (χ1) is 10.2. The summed E-state index contributed by atoms with van der Waals surface area (Å²) >= 11 is 3.42. The Bertz CT molecular complexity index is 498. The molecule has 1 unspecified atom stereocenters. The minimum absolute atomic E-state index is 0.0815. The van der Waals surface area contributed by atoms with Crippen LogP contribution in [0.4, 0.5) is 5.69 Å². The topological polar surface area (TPSA) is 44.4 Å². The Hall–Kier alpha value is -0.910. The Morgan fingerprint density at radius 3 is 2.90 bits per heavy atom. The Morgan fingerprint density at radius 1 is 1.38 bits per heavy atom. The summed E-state index contributed by atoms with van der Waals surface area (Å²) < 4.78 is 0.981. The van der Waals surface area contributed by atoms with E-state index in [4.69, 9.17) is 0 Å². The van der Waals surface area contributed by atoms with E-state index < -0.39 is 0 Å². The Balaban J connectivity index is 1.53. The molecule has 1 aliphatic heterocycles. The van der Waals surface area contributed by atoms with E-state index in [9.17, 15) is 4.79 Å². The average Bonchev–Trinajstić information content (AvgIpc) is 3.17. The molecule has 0 aromatic heterocycles. The fourth-order valence-electron chi connectivity index (χ4n) is 2.93. The molecule has 4 nitrogen and oxygen atoms in total. The van der Waals surface area contributed by atoms with Crippen LogP contribution in [0, 0.1) is 0 Å². The molecule has 0 radical (unpaired) electrons. The van der Waals surface area contributed by atoms with Gasteiger partial charge in [-0.25, -0.2) is 0 Å². The van der Waals surface area contributed by atoms with Gasteiger partial charge < -0.3 is 10.6 Å². The van der Waals surface area contributed by atoms with Gasteiger partial charge >= 0.3 is 0 Å². The fraction of sp³-hybridized carbons (Fsp3) is 0.562. The van der Waals surface area contributed by atoms with Crippen LogP contribution >= 0.6 is 15.9 Å². The van der Waals surface area contributed by atoms with Gasteiger partial charge in [-0.1, -0.05) is 22.0 Å². The first-order valence-electron chi connectivity index (χ1n) is 7.73. The molecule has 2 N–H and O–H groups in total. The van der Waals surface area contributed by atoms with Crippen molar-refractivity contribution in [3.63, 3.8) is 0 Å². The summed E-state index contributed by atoms with van der Waals surface area (Å²) in [5.41, 5.74) is 0.851. The van der Waals surface area contributed by atoms with Gasteiger partial charge in [-0.2, -0.15) is 0 Å². The number of hydrogen-bond acceptors (Lipinski definition) is 3. The summed E-state index contributed by atoms with van der Waals surface area (Å²) in [4.78, 5) is 14.6. The number of hydrogen-bond donors (Lipinski definition) is 2. The molecule has 0 spiro atoms. The molecule has 1 aromatic rings. The van der Waals surface area contributed by atoms with Crippen molar-refractivity contribution in [2.45, 2.75) is 37.8 Å². The van der Waals surface area contributed by atoms with E-state index in [-0.39, 0.29) is 5.91 Å². The molecule has 0 bridgehead atoms. The lowest BCUT2D eigenvalue weighted by molar-refractivity contribution is -0.117. The summed E-state index contributed by atoms with van der Waals surface area (Å²) in [6.07, 6.45) is 4.96. The predicted molar refractivity (Wildman–Crippen MR) is 88.4 cm³/mol. The fourth-order valence-corrected chi connectivity index (χ4v) is 3.33. The molecule has 1 heterocycles. The Morgan fingerprint density at radius 2 is 2.24 bits per heavy atom. The van der Waals surface area contributed by atoms with Crippen LogP contribution in [-0.2, 0) is 4.79 Å². The molecule has 3 rings (SSSR count). The number of anilines is 1. The van der Waals surface area contributed by atoms with E-state index in [1.165, 1.54) is 25.7 Å². The largest absolute Gasteiger partial charge is 0.325 e. The highest BCUT2D eigenvalue weighted by Crippen LogP contribution is 2.27. The van der Waals surface area contributed by atoms with Crippen LogP contribution in [0.5, 0.6) is 0 Å². The smallest absolute Gasteiger partial charge is 0.238 e. The third-order valence-electron chi connectivity index (χ3n) is 4.14. The third-order valence-corrected chi connectivity index (χ3v) is 4.63. The van der Waals surface area contributed by atoms with Gasteiger partial charge in [-0.05, 0) is 50.4 Å². The second kappa shape index (κ2) is 6.90. The van der Waals surface area contributed by atoms with Crippen molar-refractivity contribution in [3.8, 4) is 0 Å². The lowest BCUT2D eigenvalue weighted by Crippen LogP contribution is -2.42. The highest BCUT2D eigenvalue weighted by atomic mass is 79.9. The van der Waals surface area contributed by atoms with Crippen LogP contribution in [0.2, 0.25) is 0 Å². The second-order valence-corrected chi connectivity index (χ2v) is 6.93. The molecule has 1 atom stereocenters. The zero-order chi connectivity index (χ0) is 14.7. The van der Waals surface area contributed by atoms with Gasteiger partial charge in [0.15, 0.2) is 0 Å². The van der Waals surface area contributed by atoms with Gasteiger partial charge in [-0.3, -0.25) is 9.69 Å². The monoisotopic (exact) mass is 351 g/mol. The van der Waals surface area contributed by atoms with Gasteiger partial charge in [0, 0.05) is 28.8 Å². The van der Waals surface area contributed by atoms with Gasteiger partial charge in [0.05, 0.1) is 6.54 Å². The molecule has 1 aromatic carbocycles. The van der Waals surface area contributed by atoms with Crippen LogP contribution < -0.4 is 10.6 Å². The molecule has 114 valence electrons. The molecular formula is C16H22BrN3O. The van der Waals surface area contributed by atoms with Crippen LogP contribution in [0.3, 0.4) is 0 Å². The third kappa shape index (κ3) is 4.53. The van der Waals surface area contributed by atoms with E-state index in [2.05, 4.69) is 31.5 Å². The molecule has 1 aliphatic carbocycles. The lowest BCUT2D eigenvalue weighted by Gasteiger charge is -2.25. The number of nitrogens with one attached hydrogen (secondary N) is 2. The molecule has 1 saturated heterocycles. The minimum Gasteiger partial charge on any atom is -0.325 e. The zero-order valence-corrected chi connectivity index (χ0v) is 13.7. The molecule has 5 heteroatoms. The molecule has 2 fully saturated rings. The maximum Gasteiger partial charge on any atom is 0.238 e. The number of carbonyl (C=O) groups excluding carboxylic acids is 1. The standard InChI is InChI=1S/C16H22BrN3O/c17-12-3-1-4-13(9-12)19-16(21)11-20(15-6-7-15)10-14-5-2-8-18-14/h1,3-4,9,14-15,18H,2,5-8,10-11H2,(H,19,21). The zero-order valence-electron chi connectivity index (χ0n) is 12.1. The van der Waals surface area contributed by atoms with Crippen molar-refractivity contribution >= 4 is 27.5 Å². The van der Waals surface area contributed by atoms with Crippen LogP contribution in [0.1, 0.15) is 25.7 Å². The summed E-state index contributed by atoms with van der Waals surface area (Å²) in [5, 5.41) is 6.51. The van der Waals surface area contributed by atoms with E-state index in [0.717, 1.165) is 23.2 Å². The number of halogens is 1. The maximum atomic E-state index is 12.3. The summed E-state index contributed by atoms with van der Waals surface area (Å²) in [7, 11) is 0. The quantitative estimate of drug-likeness (QED) is 0.827. The van der Waals surface area contributed by atoms with E-state index in [0.29, 0.717) is 18.6 Å². The number of amides is 1. The highest BCUT2D eigenvalue weighted by molar-refractivity contribution is 9.10. The van der Waals surface area contributed by atoms with Crippen molar-refractivity contribution < 1.29 is 4.79 Å². The van der Waals surface area contributed by atoms with Crippen molar-refractivity contribution in [3.05, 3.63) is 28.7 Å². The van der Waals surface area contributed by atoms with E-state index in [1.54, 1.807) is 0 Å². The first-order valence-corrected chi connectivity index (χ1v) is 8.53. The molecule has 1 saturated carbocycles. The normalized spacial score (nSPS) is 21.7. The number of carbonyl (C=O) groups is 1. The van der Waals surface area contributed by atoms with Crippen molar-refractivity contribution in [1.29, 1.82) is 0 Å². The maximum absolute atomic E-state index is 12.3. The van der Waals surface area contributed by atoms with Gasteiger partial charge in [0.1, 0.15) is 0 Å². The van der Waals surface area contributed by atoms with Gasteiger partial charge in [-0.15, -0.1) is 0 Å². The number of nitrogens with zero attached hydrogens (tertiary/aromatic N) is 1. The second-order valence-electron chi connectivity index (χ2n) is 6.01. The summed E-state index contributed by atoms with van der Waals surface area (Å²) in [6, 6.07) is 8.91. The van der Waals surface area contributed by atoms with Crippen molar-refractivity contribution in [2.24, 2.45) is 0 Å². The highest BCUT2D eigenvalue weighted by Gasteiger charge is 2.32. The predicted octanol–water partition coefficient (Wildman–Crippen LogP) is 2.60. The molecule has 1 amide bonds. The Labute approximate surface area is 134 Å². The first kappa shape index (κ1) is 15.0. The van der Waals surface area contributed by atoms with E-state index in [1.807, 2.05) is 24.3 Å². The lowest BCUT2D eigenvalue weighted by atomic mass is 10.2. The number of rotatable bonds is 6. The molecular weight excluding hydrogens is 330 g/mol. The van der Waals surface area contributed by atoms with Gasteiger partial charge in [0.25, 0.3) is 0 Å². The SMILES string of the molecule is O=C(CN(CC1CCCN1)C1CC1)Nc1cccc(Br)c1. The van der Waals surface area contributed by atoms with Crippen LogP contribution in [0.25, 0.3) is 0 Å². The summed E-state index contributed by atoms with van der Waals surface area (Å²) in [5.74, 6) is 0.0815. The van der Waals surface area contributed by atoms with E-state index >= 15 is 0 Å². The van der Waals surface area contributed by atoms with Crippen molar-refractivity contribution in [2.75, 3.05) is 25.0 Å². The molecule has 2 aliphatic rings. The Kier molecular flexibility index (Phi) is 4.93. The molecule has 21 heavy (non-hydrogen) atoms. The summed E-state index contributed by atoms with van der Waals surface area (Å²) in [6.45, 7) is 2.61.